The van der Waals surface area contributed by atoms with Crippen molar-refractivity contribution < 1.29 is 9.72 Å². The van der Waals surface area contributed by atoms with Crippen molar-refractivity contribution in [3.8, 4) is 0 Å². The Kier molecular flexibility index (Phi) is 7.45. The molecule has 7 heteroatoms. The SMILES string of the molecule is CC(/C=C/c1ccccc1)=N/NC(=O)C1CCN(Cc2ccc([N+](=O)[O-])cc2)CC1. The van der Waals surface area contributed by atoms with Gasteiger partial charge in [0.25, 0.3) is 5.69 Å². The van der Waals surface area contributed by atoms with E-state index in [1.807, 2.05) is 49.4 Å². The van der Waals surface area contributed by atoms with Gasteiger partial charge in [0.2, 0.25) is 5.91 Å². The van der Waals surface area contributed by atoms with E-state index in [9.17, 15) is 14.9 Å². The zero-order chi connectivity index (χ0) is 21.3. The summed E-state index contributed by atoms with van der Waals surface area (Å²) in [6.45, 7) is 4.21. The van der Waals surface area contributed by atoms with E-state index in [0.717, 1.165) is 49.3 Å². The van der Waals surface area contributed by atoms with Gasteiger partial charge in [-0.05, 0) is 50.1 Å². The number of nitrogens with one attached hydrogen (secondary N) is 1. The molecule has 3 rings (SSSR count). The molecule has 7 nitrogen and oxygen atoms in total. The molecule has 2 aromatic carbocycles. The largest absolute Gasteiger partial charge is 0.299 e. The van der Waals surface area contributed by atoms with Gasteiger partial charge in [-0.3, -0.25) is 19.8 Å². The monoisotopic (exact) mass is 406 g/mol. The van der Waals surface area contributed by atoms with Crippen molar-refractivity contribution in [3.05, 3.63) is 81.9 Å². The average molecular weight is 406 g/mol. The van der Waals surface area contributed by atoms with Gasteiger partial charge in [-0.1, -0.05) is 48.5 Å². The number of hydrogen-bond acceptors (Lipinski definition) is 5. The van der Waals surface area contributed by atoms with Gasteiger partial charge < -0.3 is 0 Å². The molecule has 1 amide bonds. The zero-order valence-electron chi connectivity index (χ0n) is 17.0. The van der Waals surface area contributed by atoms with Gasteiger partial charge in [0.15, 0.2) is 0 Å². The number of rotatable bonds is 7. The number of amides is 1. The molecule has 0 atom stereocenters. The van der Waals surface area contributed by atoms with Crippen molar-refractivity contribution in [1.82, 2.24) is 10.3 Å². The first kappa shape index (κ1) is 21.4. The molecule has 0 aromatic heterocycles. The summed E-state index contributed by atoms with van der Waals surface area (Å²) in [5.74, 6) is -0.0924. The van der Waals surface area contributed by atoms with E-state index in [1.54, 1.807) is 12.1 Å². The fourth-order valence-corrected chi connectivity index (χ4v) is 3.39. The van der Waals surface area contributed by atoms with Gasteiger partial charge in [0.05, 0.1) is 10.6 Å². The van der Waals surface area contributed by atoms with Gasteiger partial charge >= 0.3 is 0 Å². The summed E-state index contributed by atoms with van der Waals surface area (Å²) in [6.07, 6.45) is 5.38. The number of nitro benzene ring substituents is 1. The van der Waals surface area contributed by atoms with Crippen LogP contribution in [0.1, 0.15) is 30.9 Å². The van der Waals surface area contributed by atoms with Crippen LogP contribution < -0.4 is 5.43 Å². The molecule has 0 saturated carbocycles. The number of carbonyl (C=O) groups is 1. The Morgan fingerprint density at radius 3 is 2.47 bits per heavy atom. The van der Waals surface area contributed by atoms with Crippen LogP contribution >= 0.6 is 0 Å². The lowest BCUT2D eigenvalue weighted by Gasteiger charge is -2.30. The van der Waals surface area contributed by atoms with E-state index in [0.29, 0.717) is 0 Å². The molecule has 1 saturated heterocycles. The second kappa shape index (κ2) is 10.5. The second-order valence-electron chi connectivity index (χ2n) is 7.45. The number of benzene rings is 2. The smallest absolute Gasteiger partial charge is 0.269 e. The Morgan fingerprint density at radius 1 is 1.17 bits per heavy atom. The molecule has 30 heavy (non-hydrogen) atoms. The first-order valence-corrected chi connectivity index (χ1v) is 10.0. The van der Waals surface area contributed by atoms with Crippen LogP contribution in [0.15, 0.2) is 65.8 Å². The van der Waals surface area contributed by atoms with Crippen LogP contribution in [0.2, 0.25) is 0 Å². The van der Waals surface area contributed by atoms with Gasteiger partial charge in [-0.2, -0.15) is 5.10 Å². The highest BCUT2D eigenvalue weighted by molar-refractivity contribution is 5.97. The number of carbonyl (C=O) groups excluding carboxylic acids is 1. The average Bonchev–Trinajstić information content (AvgIpc) is 2.77. The lowest BCUT2D eigenvalue weighted by molar-refractivity contribution is -0.384. The van der Waals surface area contributed by atoms with E-state index < -0.39 is 4.92 Å². The zero-order valence-corrected chi connectivity index (χ0v) is 17.0. The van der Waals surface area contributed by atoms with Crippen LogP contribution in [0.25, 0.3) is 6.08 Å². The molecule has 0 radical (unpaired) electrons. The van der Waals surface area contributed by atoms with Crippen LogP contribution in [0.5, 0.6) is 0 Å². The summed E-state index contributed by atoms with van der Waals surface area (Å²) in [6, 6.07) is 16.6. The third kappa shape index (κ3) is 6.35. The molecule has 1 N–H and O–H groups in total. The maximum atomic E-state index is 12.4. The van der Waals surface area contributed by atoms with Crippen LogP contribution in [0.4, 0.5) is 5.69 Å². The van der Waals surface area contributed by atoms with Gasteiger partial charge in [0.1, 0.15) is 0 Å². The number of hydrogen-bond donors (Lipinski definition) is 1. The molecule has 1 heterocycles. The molecular weight excluding hydrogens is 380 g/mol. The van der Waals surface area contributed by atoms with E-state index in [4.69, 9.17) is 0 Å². The third-order valence-corrected chi connectivity index (χ3v) is 5.17. The minimum atomic E-state index is -0.393. The van der Waals surface area contributed by atoms with Crippen LogP contribution in [-0.4, -0.2) is 34.5 Å². The summed E-state index contributed by atoms with van der Waals surface area (Å²) in [7, 11) is 0. The minimum Gasteiger partial charge on any atom is -0.299 e. The first-order valence-electron chi connectivity index (χ1n) is 10.0. The summed E-state index contributed by atoms with van der Waals surface area (Å²) >= 11 is 0. The number of nitrogens with zero attached hydrogens (tertiary/aromatic N) is 3. The number of hydrazone groups is 1. The maximum Gasteiger partial charge on any atom is 0.269 e. The number of piperidine rings is 1. The topological polar surface area (TPSA) is 87.8 Å². The molecule has 1 aliphatic rings. The molecule has 0 spiro atoms. The van der Waals surface area contributed by atoms with Gasteiger partial charge in [0, 0.05) is 24.6 Å². The van der Waals surface area contributed by atoms with E-state index >= 15 is 0 Å². The van der Waals surface area contributed by atoms with Crippen molar-refractivity contribution in [2.45, 2.75) is 26.3 Å². The van der Waals surface area contributed by atoms with E-state index in [1.165, 1.54) is 12.1 Å². The van der Waals surface area contributed by atoms with Gasteiger partial charge in [-0.15, -0.1) is 0 Å². The Labute approximate surface area is 176 Å². The van der Waals surface area contributed by atoms with Crippen molar-refractivity contribution in [2.75, 3.05) is 13.1 Å². The van der Waals surface area contributed by atoms with E-state index in [-0.39, 0.29) is 17.5 Å². The summed E-state index contributed by atoms with van der Waals surface area (Å²) < 4.78 is 0. The lowest BCUT2D eigenvalue weighted by atomic mass is 9.96. The Morgan fingerprint density at radius 2 is 1.83 bits per heavy atom. The number of non-ortho nitro benzene ring substituents is 1. The predicted octanol–water partition coefficient (Wildman–Crippen LogP) is 4.01. The highest BCUT2D eigenvalue weighted by atomic mass is 16.6. The van der Waals surface area contributed by atoms with Crippen LogP contribution in [-0.2, 0) is 11.3 Å². The molecule has 0 aliphatic carbocycles. The van der Waals surface area contributed by atoms with Crippen molar-refractivity contribution >= 4 is 23.4 Å². The third-order valence-electron chi connectivity index (χ3n) is 5.17. The van der Waals surface area contributed by atoms with Crippen LogP contribution in [0, 0.1) is 16.0 Å². The molecule has 2 aromatic rings. The second-order valence-corrected chi connectivity index (χ2v) is 7.45. The summed E-state index contributed by atoms with van der Waals surface area (Å²) in [5.41, 5.74) is 5.64. The quantitative estimate of drug-likeness (QED) is 0.427. The molecule has 0 bridgehead atoms. The Balaban J connectivity index is 1.43. The highest BCUT2D eigenvalue weighted by Crippen LogP contribution is 2.20. The standard InChI is InChI=1S/C23H26N4O3/c1-18(7-8-19-5-3-2-4-6-19)24-25-23(28)21-13-15-26(16-14-21)17-20-9-11-22(12-10-20)27(29)30/h2-12,21H,13-17H2,1H3,(H,25,28)/b8-7+,24-18-. The molecular formula is C23H26N4O3. The molecule has 156 valence electrons. The minimum absolute atomic E-state index is 0.0440. The predicted molar refractivity (Wildman–Crippen MR) is 118 cm³/mol. The molecule has 0 unspecified atom stereocenters. The normalized spacial score (nSPS) is 16.0. The fourth-order valence-electron chi connectivity index (χ4n) is 3.39. The Bertz CT molecular complexity index is 915. The maximum absolute atomic E-state index is 12.4. The first-order chi connectivity index (χ1) is 14.5. The fraction of sp³-hybridized carbons (Fsp3) is 0.304. The number of nitro groups is 1. The van der Waals surface area contributed by atoms with Gasteiger partial charge in [-0.25, -0.2) is 5.43 Å². The lowest BCUT2D eigenvalue weighted by Crippen LogP contribution is -2.39. The van der Waals surface area contributed by atoms with E-state index in [2.05, 4.69) is 15.4 Å². The molecule has 1 fully saturated rings. The summed E-state index contributed by atoms with van der Waals surface area (Å²) in [4.78, 5) is 25.0. The Hall–Kier alpha value is -3.32. The summed E-state index contributed by atoms with van der Waals surface area (Å²) in [5, 5.41) is 14.9. The number of likely N-dealkylation sites (tertiary alicyclic amines) is 1. The van der Waals surface area contributed by atoms with Crippen LogP contribution in [0.3, 0.4) is 0 Å². The van der Waals surface area contributed by atoms with Crippen molar-refractivity contribution in [2.24, 2.45) is 11.0 Å². The number of allylic oxidation sites excluding steroid dienone is 1. The molecule has 1 aliphatic heterocycles. The van der Waals surface area contributed by atoms with Crippen molar-refractivity contribution in [1.29, 1.82) is 0 Å². The highest BCUT2D eigenvalue weighted by Gasteiger charge is 2.24. The van der Waals surface area contributed by atoms with Crippen molar-refractivity contribution in [3.63, 3.8) is 0 Å².